The van der Waals surface area contributed by atoms with Crippen LogP contribution in [0, 0.1) is 11.6 Å². The fourth-order valence-corrected chi connectivity index (χ4v) is 3.39. The van der Waals surface area contributed by atoms with Gasteiger partial charge in [0.2, 0.25) is 0 Å². The number of aliphatic hydroxyl groups is 1. The number of hydrogen-bond donors (Lipinski definition) is 3. The third kappa shape index (κ3) is 3.95. The molecule has 0 spiro atoms. The van der Waals surface area contributed by atoms with Crippen LogP contribution in [-0.4, -0.2) is 55.2 Å². The summed E-state index contributed by atoms with van der Waals surface area (Å²) in [5.74, 6) is -0.873. The topological polar surface area (TPSA) is 114 Å². The smallest absolute Gasteiger partial charge is 0.183 e. The minimum Gasteiger partial charge on any atom is -0.385 e. The lowest BCUT2D eigenvalue weighted by atomic mass is 9.97. The quantitative estimate of drug-likeness (QED) is 0.401. The molecule has 1 fully saturated rings. The summed E-state index contributed by atoms with van der Waals surface area (Å²) in [5, 5.41) is 24.5. The minimum absolute atomic E-state index is 0.0398. The highest BCUT2D eigenvalue weighted by Gasteiger charge is 2.34. The molecule has 0 radical (unpaired) electrons. The van der Waals surface area contributed by atoms with Gasteiger partial charge in [-0.1, -0.05) is 23.4 Å². The number of benzene rings is 1. The van der Waals surface area contributed by atoms with E-state index in [1.54, 1.807) is 35.0 Å². The first-order chi connectivity index (χ1) is 15.5. The van der Waals surface area contributed by atoms with Gasteiger partial charge in [0.1, 0.15) is 29.1 Å². The van der Waals surface area contributed by atoms with Gasteiger partial charge in [-0.2, -0.15) is 5.10 Å². The highest BCUT2D eigenvalue weighted by molar-refractivity contribution is 5.63. The molecule has 3 N–H and O–H groups in total. The summed E-state index contributed by atoms with van der Waals surface area (Å²) in [4.78, 5) is 8.30. The first kappa shape index (κ1) is 20.2. The molecule has 32 heavy (non-hydrogen) atoms. The fraction of sp³-hybridized carbons (Fsp3) is 0.238. The SMILES string of the molecule is OC1(CNc2nc(-c3cc(-c4ccon4)n(Cc4ccccc4F)n3)ncc2F)CNC1. The molecule has 9 nitrogen and oxygen atoms in total. The summed E-state index contributed by atoms with van der Waals surface area (Å²) >= 11 is 0. The second-order valence-electron chi connectivity index (χ2n) is 7.62. The Morgan fingerprint density at radius 3 is 2.72 bits per heavy atom. The van der Waals surface area contributed by atoms with Crippen LogP contribution in [0.2, 0.25) is 0 Å². The van der Waals surface area contributed by atoms with E-state index in [2.05, 4.69) is 30.9 Å². The number of anilines is 1. The molecule has 4 heterocycles. The van der Waals surface area contributed by atoms with Gasteiger partial charge in [0, 0.05) is 31.3 Å². The van der Waals surface area contributed by atoms with Gasteiger partial charge in [-0.15, -0.1) is 0 Å². The highest BCUT2D eigenvalue weighted by atomic mass is 19.1. The molecule has 1 aromatic carbocycles. The molecule has 0 amide bonds. The van der Waals surface area contributed by atoms with E-state index < -0.39 is 11.4 Å². The van der Waals surface area contributed by atoms with Crippen molar-refractivity contribution in [3.8, 4) is 22.9 Å². The predicted molar refractivity (Wildman–Crippen MR) is 111 cm³/mol. The number of β-amino-alcohol motifs (C(OH)–C–C–N with tert-alkyl or cyclic N) is 1. The zero-order chi connectivity index (χ0) is 22.1. The Hall–Kier alpha value is -3.70. The highest BCUT2D eigenvalue weighted by Crippen LogP contribution is 2.26. The molecule has 0 bridgehead atoms. The molecule has 0 saturated carbocycles. The summed E-state index contributed by atoms with van der Waals surface area (Å²) in [6.07, 6.45) is 2.46. The van der Waals surface area contributed by atoms with Crippen molar-refractivity contribution >= 4 is 5.82 Å². The van der Waals surface area contributed by atoms with Gasteiger partial charge >= 0.3 is 0 Å². The molecule has 0 unspecified atom stereocenters. The minimum atomic E-state index is -0.945. The summed E-state index contributed by atoms with van der Waals surface area (Å²) in [6, 6.07) is 9.74. The summed E-state index contributed by atoms with van der Waals surface area (Å²) < 4.78 is 35.0. The van der Waals surface area contributed by atoms with Crippen LogP contribution in [-0.2, 0) is 6.54 Å². The molecule has 5 rings (SSSR count). The lowest BCUT2D eigenvalue weighted by Crippen LogP contribution is -2.63. The fourth-order valence-electron chi connectivity index (χ4n) is 3.39. The van der Waals surface area contributed by atoms with Gasteiger partial charge in [0.05, 0.1) is 18.4 Å². The largest absolute Gasteiger partial charge is 0.385 e. The number of halogens is 2. The van der Waals surface area contributed by atoms with Crippen molar-refractivity contribution in [1.29, 1.82) is 0 Å². The molecule has 1 aliphatic rings. The standard InChI is InChI=1S/C21H19F2N7O2/c22-14-4-2-1-3-13(14)9-30-18(16-5-6-32-29-16)7-17(28-30)20-25-8-15(23)19(27-20)26-12-21(31)10-24-11-21/h1-8,24,31H,9-12H2,(H,25,26,27). The van der Waals surface area contributed by atoms with Gasteiger partial charge in [-0.3, -0.25) is 4.68 Å². The van der Waals surface area contributed by atoms with Crippen LogP contribution >= 0.6 is 0 Å². The predicted octanol–water partition coefficient (Wildman–Crippen LogP) is 2.07. The zero-order valence-corrected chi connectivity index (χ0v) is 16.8. The monoisotopic (exact) mass is 439 g/mol. The average Bonchev–Trinajstić information content (AvgIpc) is 3.43. The normalized spacial score (nSPS) is 14.8. The van der Waals surface area contributed by atoms with Crippen LogP contribution in [0.5, 0.6) is 0 Å². The first-order valence-electron chi connectivity index (χ1n) is 9.93. The van der Waals surface area contributed by atoms with E-state index in [9.17, 15) is 13.9 Å². The maximum absolute atomic E-state index is 14.2. The van der Waals surface area contributed by atoms with Crippen LogP contribution in [0.25, 0.3) is 22.9 Å². The Kier molecular flexibility index (Phi) is 5.11. The molecule has 3 aromatic heterocycles. The van der Waals surface area contributed by atoms with Crippen molar-refractivity contribution < 1.29 is 18.4 Å². The van der Waals surface area contributed by atoms with E-state index in [1.807, 2.05) is 0 Å². The molecular formula is C21H19F2N7O2. The van der Waals surface area contributed by atoms with Gasteiger partial charge < -0.3 is 20.3 Å². The Balaban J connectivity index is 1.48. The maximum Gasteiger partial charge on any atom is 0.183 e. The van der Waals surface area contributed by atoms with Crippen LogP contribution in [0.4, 0.5) is 14.6 Å². The van der Waals surface area contributed by atoms with Crippen molar-refractivity contribution in [2.45, 2.75) is 12.1 Å². The van der Waals surface area contributed by atoms with Crippen molar-refractivity contribution in [3.05, 3.63) is 66.1 Å². The van der Waals surface area contributed by atoms with E-state index >= 15 is 0 Å². The van der Waals surface area contributed by atoms with E-state index in [0.717, 1.165) is 6.20 Å². The third-order valence-corrected chi connectivity index (χ3v) is 5.22. The molecule has 1 aliphatic heterocycles. The molecular weight excluding hydrogens is 420 g/mol. The Bertz CT molecular complexity index is 1240. The number of nitrogens with one attached hydrogen (secondary N) is 2. The van der Waals surface area contributed by atoms with Gasteiger partial charge in [-0.25, -0.2) is 18.7 Å². The van der Waals surface area contributed by atoms with Crippen molar-refractivity contribution in [1.82, 2.24) is 30.2 Å². The van der Waals surface area contributed by atoms with E-state index in [1.165, 1.54) is 12.3 Å². The second kappa shape index (κ2) is 8.09. The number of rotatable bonds is 7. The van der Waals surface area contributed by atoms with Crippen LogP contribution in [0.1, 0.15) is 5.56 Å². The van der Waals surface area contributed by atoms with Crippen LogP contribution in [0.3, 0.4) is 0 Å². The Morgan fingerprint density at radius 1 is 1.16 bits per heavy atom. The lowest BCUT2D eigenvalue weighted by molar-refractivity contribution is 0.00301. The second-order valence-corrected chi connectivity index (χ2v) is 7.62. The summed E-state index contributed by atoms with van der Waals surface area (Å²) in [6.45, 7) is 1.11. The van der Waals surface area contributed by atoms with Crippen molar-refractivity contribution in [2.75, 3.05) is 25.0 Å². The molecule has 164 valence electrons. The molecule has 1 saturated heterocycles. The average molecular weight is 439 g/mol. The summed E-state index contributed by atoms with van der Waals surface area (Å²) in [7, 11) is 0. The van der Waals surface area contributed by atoms with Gasteiger partial charge in [0.25, 0.3) is 0 Å². The lowest BCUT2D eigenvalue weighted by Gasteiger charge is -2.37. The molecule has 0 aliphatic carbocycles. The Labute approximate surface area is 181 Å². The number of hydrogen-bond acceptors (Lipinski definition) is 8. The maximum atomic E-state index is 14.2. The number of aromatic nitrogens is 5. The molecule has 0 atom stereocenters. The van der Waals surface area contributed by atoms with Gasteiger partial charge in [0.15, 0.2) is 17.5 Å². The van der Waals surface area contributed by atoms with E-state index in [0.29, 0.717) is 35.7 Å². The van der Waals surface area contributed by atoms with Gasteiger partial charge in [-0.05, 0) is 12.1 Å². The molecule has 4 aromatic rings. The zero-order valence-electron chi connectivity index (χ0n) is 16.8. The third-order valence-electron chi connectivity index (χ3n) is 5.22. The van der Waals surface area contributed by atoms with Crippen LogP contribution < -0.4 is 10.6 Å². The number of nitrogens with zero attached hydrogens (tertiary/aromatic N) is 5. The first-order valence-corrected chi connectivity index (χ1v) is 9.93. The molecule has 11 heteroatoms. The van der Waals surface area contributed by atoms with E-state index in [4.69, 9.17) is 4.52 Å². The Morgan fingerprint density at radius 2 is 2.00 bits per heavy atom. The van der Waals surface area contributed by atoms with Crippen LogP contribution in [0.15, 0.2) is 53.4 Å². The van der Waals surface area contributed by atoms with E-state index in [-0.39, 0.29) is 30.5 Å². The van der Waals surface area contributed by atoms with Crippen molar-refractivity contribution in [3.63, 3.8) is 0 Å². The summed E-state index contributed by atoms with van der Waals surface area (Å²) in [5.41, 5.74) is 0.913. The van der Waals surface area contributed by atoms with Crippen molar-refractivity contribution in [2.24, 2.45) is 0 Å².